The Morgan fingerprint density at radius 1 is 1.47 bits per heavy atom. The molecule has 0 atom stereocenters. The zero-order valence-electron chi connectivity index (χ0n) is 10.0. The van der Waals surface area contributed by atoms with Gasteiger partial charge in [0, 0.05) is 6.54 Å². The molecule has 88 valence electrons. The van der Waals surface area contributed by atoms with E-state index in [2.05, 4.69) is 10.2 Å². The lowest BCUT2D eigenvalue weighted by Gasteiger charge is -2.39. The highest BCUT2D eigenvalue weighted by Crippen LogP contribution is 2.31. The number of nitrogens with zero attached hydrogens (tertiary/aromatic N) is 1. The van der Waals surface area contributed by atoms with Gasteiger partial charge in [0.05, 0.1) is 18.6 Å². The monoisotopic (exact) mass is 214 g/mol. The average Bonchev–Trinajstić information content (AvgIpc) is 2.11. The Morgan fingerprint density at radius 2 is 2.13 bits per heavy atom. The van der Waals surface area contributed by atoms with E-state index < -0.39 is 0 Å². The number of amides is 1. The molecule has 1 N–H and O–H groups in total. The molecule has 0 aromatic carbocycles. The maximum Gasteiger partial charge on any atom is 0.230 e. The van der Waals surface area contributed by atoms with Gasteiger partial charge in [0.2, 0.25) is 5.91 Å². The van der Waals surface area contributed by atoms with E-state index in [4.69, 9.17) is 4.74 Å². The summed E-state index contributed by atoms with van der Waals surface area (Å²) in [7, 11) is 4.07. The molecule has 0 spiro atoms. The molecule has 1 aliphatic heterocycles. The standard InChI is InChI=1S/C11H22N2O2/c1-4-11(8-15-9-11)10(14)12-6-5-7-13(2)3/h4-9H2,1-3H3,(H,12,14). The first-order valence-electron chi connectivity index (χ1n) is 5.61. The van der Waals surface area contributed by atoms with Crippen LogP contribution in [0.5, 0.6) is 0 Å². The molecule has 1 amide bonds. The Hall–Kier alpha value is -0.610. The third-order valence-corrected chi connectivity index (χ3v) is 2.98. The first kappa shape index (κ1) is 12.5. The minimum Gasteiger partial charge on any atom is -0.379 e. The van der Waals surface area contributed by atoms with Crippen LogP contribution >= 0.6 is 0 Å². The molecule has 4 nitrogen and oxygen atoms in total. The molecule has 4 heteroatoms. The second kappa shape index (κ2) is 5.47. The van der Waals surface area contributed by atoms with Gasteiger partial charge in [-0.2, -0.15) is 0 Å². The van der Waals surface area contributed by atoms with Crippen LogP contribution in [-0.2, 0) is 9.53 Å². The van der Waals surface area contributed by atoms with Crippen molar-refractivity contribution in [2.24, 2.45) is 5.41 Å². The molecule has 0 saturated carbocycles. The fourth-order valence-electron chi connectivity index (χ4n) is 1.63. The fourth-order valence-corrected chi connectivity index (χ4v) is 1.63. The predicted molar refractivity (Wildman–Crippen MR) is 59.7 cm³/mol. The van der Waals surface area contributed by atoms with Crippen LogP contribution in [0.25, 0.3) is 0 Å². The van der Waals surface area contributed by atoms with E-state index >= 15 is 0 Å². The van der Waals surface area contributed by atoms with Crippen LogP contribution in [0.3, 0.4) is 0 Å². The van der Waals surface area contributed by atoms with Crippen molar-refractivity contribution in [2.45, 2.75) is 19.8 Å². The SMILES string of the molecule is CCC1(C(=O)NCCCN(C)C)COC1. The summed E-state index contributed by atoms with van der Waals surface area (Å²) in [5.41, 5.74) is -0.224. The zero-order valence-corrected chi connectivity index (χ0v) is 10.0. The molecule has 0 aromatic rings. The molecule has 0 aromatic heterocycles. The van der Waals surface area contributed by atoms with E-state index in [0.29, 0.717) is 13.2 Å². The number of carbonyl (C=O) groups is 1. The van der Waals surface area contributed by atoms with Crippen molar-refractivity contribution in [3.63, 3.8) is 0 Å². The maximum absolute atomic E-state index is 11.8. The smallest absolute Gasteiger partial charge is 0.230 e. The molecule has 0 aliphatic carbocycles. The van der Waals surface area contributed by atoms with Crippen LogP contribution in [0.4, 0.5) is 0 Å². The van der Waals surface area contributed by atoms with E-state index in [1.54, 1.807) is 0 Å². The van der Waals surface area contributed by atoms with Crippen molar-refractivity contribution in [3.05, 3.63) is 0 Å². The van der Waals surface area contributed by atoms with E-state index in [0.717, 1.165) is 25.9 Å². The quantitative estimate of drug-likeness (QED) is 0.654. The number of carbonyl (C=O) groups excluding carboxylic acids is 1. The lowest BCUT2D eigenvalue weighted by Crippen LogP contribution is -2.53. The summed E-state index contributed by atoms with van der Waals surface area (Å²) in [4.78, 5) is 13.9. The molecular formula is C11H22N2O2. The molecule has 1 fully saturated rings. The van der Waals surface area contributed by atoms with Gasteiger partial charge in [-0.15, -0.1) is 0 Å². The van der Waals surface area contributed by atoms with Gasteiger partial charge in [-0.1, -0.05) is 6.92 Å². The molecule has 1 heterocycles. The van der Waals surface area contributed by atoms with Crippen molar-refractivity contribution < 1.29 is 9.53 Å². The molecule has 0 unspecified atom stereocenters. The van der Waals surface area contributed by atoms with E-state index in [-0.39, 0.29) is 11.3 Å². The summed E-state index contributed by atoms with van der Waals surface area (Å²) in [5.74, 6) is 0.162. The van der Waals surface area contributed by atoms with Gasteiger partial charge in [0.1, 0.15) is 0 Å². The third kappa shape index (κ3) is 3.18. The molecule has 0 radical (unpaired) electrons. The van der Waals surface area contributed by atoms with Crippen molar-refractivity contribution in [1.29, 1.82) is 0 Å². The van der Waals surface area contributed by atoms with Crippen molar-refractivity contribution in [2.75, 3.05) is 40.4 Å². The maximum atomic E-state index is 11.8. The highest BCUT2D eigenvalue weighted by molar-refractivity contribution is 5.83. The minimum absolute atomic E-state index is 0.162. The summed E-state index contributed by atoms with van der Waals surface area (Å²) >= 11 is 0. The molecule has 1 saturated heterocycles. The lowest BCUT2D eigenvalue weighted by molar-refractivity contribution is -0.162. The zero-order chi connectivity index (χ0) is 11.3. The van der Waals surface area contributed by atoms with Gasteiger partial charge >= 0.3 is 0 Å². The van der Waals surface area contributed by atoms with Crippen LogP contribution < -0.4 is 5.32 Å². The Bertz CT molecular complexity index is 207. The van der Waals surface area contributed by atoms with Crippen molar-refractivity contribution in [3.8, 4) is 0 Å². The normalized spacial score (nSPS) is 18.7. The number of hydrogen-bond acceptors (Lipinski definition) is 3. The van der Waals surface area contributed by atoms with E-state index in [1.807, 2.05) is 21.0 Å². The van der Waals surface area contributed by atoms with Crippen LogP contribution in [0, 0.1) is 5.41 Å². The first-order chi connectivity index (χ1) is 7.10. The highest BCUT2D eigenvalue weighted by atomic mass is 16.5. The van der Waals surface area contributed by atoms with E-state index in [1.165, 1.54) is 0 Å². The second-order valence-corrected chi connectivity index (χ2v) is 4.54. The summed E-state index contributed by atoms with van der Waals surface area (Å²) in [6.07, 6.45) is 1.87. The molecule has 0 bridgehead atoms. The Balaban J connectivity index is 2.18. The topological polar surface area (TPSA) is 41.6 Å². The van der Waals surface area contributed by atoms with Gasteiger partial charge in [-0.3, -0.25) is 4.79 Å². The summed E-state index contributed by atoms with van der Waals surface area (Å²) in [6.45, 7) is 4.99. The summed E-state index contributed by atoms with van der Waals surface area (Å²) in [6, 6.07) is 0. The Morgan fingerprint density at radius 3 is 2.53 bits per heavy atom. The van der Waals surface area contributed by atoms with E-state index in [9.17, 15) is 4.79 Å². The minimum atomic E-state index is -0.224. The lowest BCUT2D eigenvalue weighted by atomic mass is 9.82. The van der Waals surface area contributed by atoms with Gasteiger partial charge in [0.25, 0.3) is 0 Å². The van der Waals surface area contributed by atoms with Crippen LogP contribution in [0.2, 0.25) is 0 Å². The Kier molecular flexibility index (Phi) is 4.54. The summed E-state index contributed by atoms with van der Waals surface area (Å²) < 4.78 is 5.13. The molecular weight excluding hydrogens is 192 g/mol. The van der Waals surface area contributed by atoms with Crippen molar-refractivity contribution >= 4 is 5.91 Å². The predicted octanol–water partition coefficient (Wildman–Crippen LogP) is 0.481. The number of ether oxygens (including phenoxy) is 1. The molecule has 1 aliphatic rings. The van der Waals surface area contributed by atoms with Crippen molar-refractivity contribution in [1.82, 2.24) is 10.2 Å². The number of nitrogens with one attached hydrogen (secondary N) is 1. The largest absolute Gasteiger partial charge is 0.379 e. The fraction of sp³-hybridized carbons (Fsp3) is 0.909. The highest BCUT2D eigenvalue weighted by Gasteiger charge is 2.43. The van der Waals surface area contributed by atoms with Gasteiger partial charge in [0.15, 0.2) is 0 Å². The second-order valence-electron chi connectivity index (χ2n) is 4.54. The van der Waals surface area contributed by atoms with Gasteiger partial charge in [-0.25, -0.2) is 0 Å². The molecule has 1 rings (SSSR count). The van der Waals surface area contributed by atoms with Gasteiger partial charge < -0.3 is 15.0 Å². The third-order valence-electron chi connectivity index (χ3n) is 2.98. The van der Waals surface area contributed by atoms with Crippen LogP contribution in [-0.4, -0.2) is 51.2 Å². The summed E-state index contributed by atoms with van der Waals surface area (Å²) in [5, 5.41) is 2.99. The number of hydrogen-bond donors (Lipinski definition) is 1. The average molecular weight is 214 g/mol. The Labute approximate surface area is 92.0 Å². The van der Waals surface area contributed by atoms with Crippen LogP contribution in [0.15, 0.2) is 0 Å². The van der Waals surface area contributed by atoms with Gasteiger partial charge in [-0.05, 0) is 33.5 Å². The van der Waals surface area contributed by atoms with Crippen LogP contribution in [0.1, 0.15) is 19.8 Å². The first-order valence-corrected chi connectivity index (χ1v) is 5.61. The number of rotatable bonds is 6. The molecule has 15 heavy (non-hydrogen) atoms.